The number of carbonyl (C=O) groups excluding carboxylic acids is 1. The van der Waals surface area contributed by atoms with Gasteiger partial charge in [0.2, 0.25) is 5.95 Å². The molecule has 0 atom stereocenters. The highest BCUT2D eigenvalue weighted by atomic mass is 31.2. The molecule has 242 valence electrons. The van der Waals surface area contributed by atoms with Crippen molar-refractivity contribution < 1.29 is 31.6 Å². The van der Waals surface area contributed by atoms with E-state index in [0.29, 0.717) is 29.6 Å². The largest absolute Gasteiger partial charge is 0.421 e. The number of nitrogens with one attached hydrogen (secondary N) is 2. The molecule has 1 saturated heterocycles. The van der Waals surface area contributed by atoms with Crippen LogP contribution in [-0.2, 0) is 32.5 Å². The molecule has 1 fully saturated rings. The summed E-state index contributed by atoms with van der Waals surface area (Å²) in [6, 6.07) is 10.3. The van der Waals surface area contributed by atoms with Crippen LogP contribution in [0.3, 0.4) is 0 Å². The number of benzene rings is 2. The quantitative estimate of drug-likeness (QED) is 0.237. The topological polar surface area (TPSA) is 112 Å². The standard InChI is InChI=1S/C30H37F3N7O4P/c1-5-43-45(42,44-6-2)19-20-7-9-21(10-8-20)35-29-34-17-23(30(31,32)33)27(37-29)36-24-11-12-25(40-15-13-38(3)14-16-40)22-18-39(4)28(41)26(22)24/h7-12,17H,5-6,13-16,18-19H2,1-4H3,(H2,34,35,36,37). The van der Waals surface area contributed by atoms with Gasteiger partial charge in [-0.1, -0.05) is 12.1 Å². The van der Waals surface area contributed by atoms with Crippen molar-refractivity contribution in [3.05, 3.63) is 64.8 Å². The molecule has 2 aromatic carbocycles. The highest BCUT2D eigenvalue weighted by molar-refractivity contribution is 7.53. The van der Waals surface area contributed by atoms with E-state index >= 15 is 0 Å². The van der Waals surface area contributed by atoms with Crippen LogP contribution in [0.5, 0.6) is 0 Å². The van der Waals surface area contributed by atoms with Gasteiger partial charge in [-0.05, 0) is 50.7 Å². The Bertz CT molecular complexity index is 1570. The van der Waals surface area contributed by atoms with Crippen molar-refractivity contribution in [1.82, 2.24) is 19.8 Å². The van der Waals surface area contributed by atoms with E-state index in [2.05, 4.69) is 37.4 Å². The zero-order valence-corrected chi connectivity index (χ0v) is 26.5. The van der Waals surface area contributed by atoms with Gasteiger partial charge in [0.05, 0.1) is 30.6 Å². The fourth-order valence-corrected chi connectivity index (χ4v) is 7.13. The molecule has 5 rings (SSSR count). The number of anilines is 5. The molecule has 45 heavy (non-hydrogen) atoms. The Balaban J connectivity index is 1.42. The van der Waals surface area contributed by atoms with E-state index in [4.69, 9.17) is 9.05 Å². The minimum Gasteiger partial charge on any atom is -0.369 e. The van der Waals surface area contributed by atoms with E-state index in [1.54, 1.807) is 56.1 Å². The van der Waals surface area contributed by atoms with Crippen LogP contribution in [0, 0.1) is 0 Å². The van der Waals surface area contributed by atoms with Gasteiger partial charge in [-0.15, -0.1) is 0 Å². The van der Waals surface area contributed by atoms with Gasteiger partial charge in [-0.25, -0.2) is 4.98 Å². The molecule has 2 aliphatic heterocycles. The summed E-state index contributed by atoms with van der Waals surface area (Å²) in [6.07, 6.45) is -3.97. The second kappa shape index (κ2) is 13.3. The molecular weight excluding hydrogens is 610 g/mol. The molecule has 2 N–H and O–H groups in total. The van der Waals surface area contributed by atoms with E-state index < -0.39 is 25.2 Å². The van der Waals surface area contributed by atoms with Crippen LogP contribution in [-0.4, -0.2) is 79.2 Å². The summed E-state index contributed by atoms with van der Waals surface area (Å²) >= 11 is 0. The molecule has 1 aromatic heterocycles. The maximum absolute atomic E-state index is 14.1. The number of carbonyl (C=O) groups is 1. The van der Waals surface area contributed by atoms with E-state index in [1.165, 1.54) is 0 Å². The third kappa shape index (κ3) is 7.41. The van der Waals surface area contributed by atoms with Crippen molar-refractivity contribution in [2.45, 2.75) is 32.7 Å². The Morgan fingerprint density at radius 1 is 0.956 bits per heavy atom. The third-order valence-corrected chi connectivity index (χ3v) is 9.73. The monoisotopic (exact) mass is 647 g/mol. The average molecular weight is 648 g/mol. The lowest BCUT2D eigenvalue weighted by molar-refractivity contribution is -0.137. The van der Waals surface area contributed by atoms with Crippen molar-refractivity contribution in [2.75, 3.05) is 69.0 Å². The lowest BCUT2D eigenvalue weighted by Crippen LogP contribution is -2.44. The van der Waals surface area contributed by atoms with Gasteiger partial charge >= 0.3 is 13.8 Å². The lowest BCUT2D eigenvalue weighted by Gasteiger charge is -2.35. The molecule has 0 saturated carbocycles. The summed E-state index contributed by atoms with van der Waals surface area (Å²) < 4.78 is 65.8. The van der Waals surface area contributed by atoms with E-state index in [1.807, 2.05) is 6.07 Å². The van der Waals surface area contributed by atoms with Crippen molar-refractivity contribution >= 4 is 42.3 Å². The number of aromatic nitrogens is 2. The number of rotatable bonds is 11. The number of halogens is 3. The predicted molar refractivity (Wildman–Crippen MR) is 167 cm³/mol. The molecule has 3 heterocycles. The SMILES string of the molecule is CCOP(=O)(Cc1ccc(Nc2ncc(C(F)(F)F)c(Nc3ccc(N4CCN(C)CC4)c4c3C(=O)N(C)C4)n2)cc1)OCC. The van der Waals surface area contributed by atoms with Gasteiger partial charge in [0.15, 0.2) is 0 Å². The molecule has 0 bridgehead atoms. The maximum Gasteiger partial charge on any atom is 0.421 e. The fourth-order valence-electron chi connectivity index (χ4n) is 5.43. The molecule has 0 aliphatic carbocycles. The number of amides is 1. The van der Waals surface area contributed by atoms with Gasteiger partial charge in [-0.2, -0.15) is 18.2 Å². The van der Waals surface area contributed by atoms with Crippen molar-refractivity contribution in [2.24, 2.45) is 0 Å². The molecule has 2 aliphatic rings. The predicted octanol–water partition coefficient (Wildman–Crippen LogP) is 6.09. The molecule has 0 unspecified atom stereocenters. The lowest BCUT2D eigenvalue weighted by atomic mass is 10.0. The first kappa shape index (κ1) is 32.7. The van der Waals surface area contributed by atoms with Crippen LogP contribution in [0.15, 0.2) is 42.6 Å². The number of hydrogen-bond acceptors (Lipinski definition) is 10. The highest BCUT2D eigenvalue weighted by Crippen LogP contribution is 2.51. The maximum atomic E-state index is 14.1. The Hall–Kier alpha value is -3.71. The van der Waals surface area contributed by atoms with Crippen LogP contribution in [0.25, 0.3) is 0 Å². The van der Waals surface area contributed by atoms with Crippen molar-refractivity contribution in [3.63, 3.8) is 0 Å². The number of fused-ring (bicyclic) bond motifs is 1. The summed E-state index contributed by atoms with van der Waals surface area (Å²) in [5.41, 5.74) is 2.39. The number of nitrogens with zero attached hydrogens (tertiary/aromatic N) is 5. The summed E-state index contributed by atoms with van der Waals surface area (Å²) in [4.78, 5) is 27.3. The average Bonchev–Trinajstić information content (AvgIpc) is 3.28. The van der Waals surface area contributed by atoms with E-state index in [0.717, 1.165) is 37.4 Å². The van der Waals surface area contributed by atoms with E-state index in [-0.39, 0.29) is 36.9 Å². The summed E-state index contributed by atoms with van der Waals surface area (Å²) in [6.45, 7) is 7.62. The van der Waals surface area contributed by atoms with Gasteiger partial charge in [0.1, 0.15) is 11.4 Å². The summed E-state index contributed by atoms with van der Waals surface area (Å²) in [5, 5.41) is 5.73. The normalized spacial score (nSPS) is 15.8. The molecule has 1 amide bonds. The molecule has 0 spiro atoms. The second-order valence-electron chi connectivity index (χ2n) is 10.9. The summed E-state index contributed by atoms with van der Waals surface area (Å²) in [7, 11) is 0.420. The Morgan fingerprint density at radius 3 is 2.24 bits per heavy atom. The molecule has 11 nitrogen and oxygen atoms in total. The summed E-state index contributed by atoms with van der Waals surface area (Å²) in [5.74, 6) is -0.840. The molecular formula is C30H37F3N7O4P. The van der Waals surface area contributed by atoms with Gasteiger partial charge in [0, 0.05) is 62.9 Å². The van der Waals surface area contributed by atoms with Crippen LogP contribution in [0.1, 0.15) is 40.9 Å². The minimum absolute atomic E-state index is 0.0750. The van der Waals surface area contributed by atoms with Gasteiger partial charge in [-0.3, -0.25) is 9.36 Å². The first-order chi connectivity index (χ1) is 21.4. The fraction of sp³-hybridized carbons (Fsp3) is 0.433. The number of piperazine rings is 1. The molecule has 15 heteroatoms. The number of alkyl halides is 3. The highest BCUT2D eigenvalue weighted by Gasteiger charge is 2.37. The van der Waals surface area contributed by atoms with Crippen molar-refractivity contribution in [3.8, 4) is 0 Å². The Kier molecular flexibility index (Phi) is 9.68. The zero-order chi connectivity index (χ0) is 32.4. The van der Waals surface area contributed by atoms with Crippen molar-refractivity contribution in [1.29, 1.82) is 0 Å². The first-order valence-electron chi connectivity index (χ1n) is 14.7. The van der Waals surface area contributed by atoms with Crippen LogP contribution < -0.4 is 15.5 Å². The zero-order valence-electron chi connectivity index (χ0n) is 25.6. The number of likely N-dealkylation sites (N-methyl/N-ethyl adjacent to an activating group) is 1. The third-order valence-electron chi connectivity index (χ3n) is 7.67. The Morgan fingerprint density at radius 2 is 1.62 bits per heavy atom. The smallest absolute Gasteiger partial charge is 0.369 e. The van der Waals surface area contributed by atoms with Gasteiger partial charge < -0.3 is 34.4 Å². The van der Waals surface area contributed by atoms with Gasteiger partial charge in [0.25, 0.3) is 5.91 Å². The van der Waals surface area contributed by atoms with Crippen LogP contribution >= 0.6 is 7.60 Å². The minimum atomic E-state index is -4.75. The second-order valence-corrected chi connectivity index (χ2v) is 13.0. The Labute approximate surface area is 260 Å². The molecule has 3 aromatic rings. The van der Waals surface area contributed by atoms with E-state index in [9.17, 15) is 22.5 Å². The van der Waals surface area contributed by atoms with Crippen LogP contribution in [0.2, 0.25) is 0 Å². The first-order valence-corrected chi connectivity index (χ1v) is 16.4. The number of hydrogen-bond donors (Lipinski definition) is 2. The van der Waals surface area contributed by atoms with Crippen LogP contribution in [0.4, 0.5) is 42.0 Å². The molecule has 0 radical (unpaired) electrons.